The molecular formula is C21H19N5O2. The number of hydrogen-bond donors (Lipinski definition) is 3. The van der Waals surface area contributed by atoms with Crippen molar-refractivity contribution in [1.82, 2.24) is 25.3 Å². The summed E-state index contributed by atoms with van der Waals surface area (Å²) in [5.41, 5.74) is 5.29. The van der Waals surface area contributed by atoms with Crippen molar-refractivity contribution < 1.29 is 9.90 Å². The molecule has 3 heterocycles. The van der Waals surface area contributed by atoms with Gasteiger partial charge in [-0.2, -0.15) is 10.2 Å². The van der Waals surface area contributed by atoms with Gasteiger partial charge in [-0.3, -0.25) is 15.1 Å². The summed E-state index contributed by atoms with van der Waals surface area (Å²) >= 11 is 0. The Bertz CT molecular complexity index is 1170. The third-order valence-corrected chi connectivity index (χ3v) is 5.38. The number of aromatic amines is 2. The number of rotatable bonds is 4. The lowest BCUT2D eigenvalue weighted by Gasteiger charge is -2.26. The molecule has 0 unspecified atom stereocenters. The van der Waals surface area contributed by atoms with Crippen molar-refractivity contribution in [3.63, 3.8) is 0 Å². The molecule has 0 spiro atoms. The fraction of sp³-hybridized carbons (Fsp3) is 0.190. The van der Waals surface area contributed by atoms with Gasteiger partial charge in [0.05, 0.1) is 11.9 Å². The molecule has 2 aromatic carbocycles. The van der Waals surface area contributed by atoms with Gasteiger partial charge in [-0.15, -0.1) is 0 Å². The Balaban J connectivity index is 1.49. The monoisotopic (exact) mass is 373 g/mol. The minimum atomic E-state index is -0.982. The zero-order valence-corrected chi connectivity index (χ0v) is 15.1. The zero-order valence-electron chi connectivity index (χ0n) is 15.1. The first-order chi connectivity index (χ1) is 13.7. The number of carbonyl (C=O) groups is 1. The first-order valence-corrected chi connectivity index (χ1v) is 9.23. The van der Waals surface area contributed by atoms with Gasteiger partial charge in [0.1, 0.15) is 5.69 Å². The second kappa shape index (κ2) is 6.61. The van der Waals surface area contributed by atoms with Crippen LogP contribution in [0.25, 0.3) is 22.0 Å². The van der Waals surface area contributed by atoms with E-state index >= 15 is 0 Å². The maximum absolute atomic E-state index is 11.3. The first kappa shape index (κ1) is 16.7. The summed E-state index contributed by atoms with van der Waals surface area (Å²) in [6.07, 6.45) is 2.45. The molecule has 1 aliphatic rings. The molecule has 0 fully saturated rings. The highest BCUT2D eigenvalue weighted by molar-refractivity contribution is 5.96. The van der Waals surface area contributed by atoms with Crippen LogP contribution in [0.4, 0.5) is 0 Å². The van der Waals surface area contributed by atoms with Gasteiger partial charge >= 0.3 is 5.97 Å². The number of carboxylic acids is 1. The van der Waals surface area contributed by atoms with Crippen molar-refractivity contribution in [3.8, 4) is 11.3 Å². The summed E-state index contributed by atoms with van der Waals surface area (Å²) in [5.74, 6) is -0.982. The number of nitrogens with zero attached hydrogens (tertiary/aromatic N) is 3. The van der Waals surface area contributed by atoms with Crippen LogP contribution in [0.5, 0.6) is 0 Å². The average Bonchev–Trinajstić information content (AvgIpc) is 3.34. The molecule has 0 atom stereocenters. The van der Waals surface area contributed by atoms with Crippen molar-refractivity contribution in [2.75, 3.05) is 6.54 Å². The molecule has 4 aromatic rings. The van der Waals surface area contributed by atoms with Crippen LogP contribution in [0, 0.1) is 0 Å². The van der Waals surface area contributed by atoms with Gasteiger partial charge in [-0.25, -0.2) is 4.79 Å². The molecule has 0 saturated carbocycles. The minimum absolute atomic E-state index is 0.160. The quantitative estimate of drug-likeness (QED) is 0.510. The van der Waals surface area contributed by atoms with E-state index in [0.717, 1.165) is 29.9 Å². The van der Waals surface area contributed by atoms with Crippen molar-refractivity contribution in [3.05, 3.63) is 71.2 Å². The highest BCUT2D eigenvalue weighted by Gasteiger charge is 2.25. The Kier molecular flexibility index (Phi) is 3.95. The van der Waals surface area contributed by atoms with Gasteiger partial charge in [0, 0.05) is 48.4 Å². The molecule has 0 bridgehead atoms. The van der Waals surface area contributed by atoms with Gasteiger partial charge in [0.15, 0.2) is 0 Å². The lowest BCUT2D eigenvalue weighted by atomic mass is 9.96. The largest absolute Gasteiger partial charge is 0.477 e. The summed E-state index contributed by atoms with van der Waals surface area (Å²) in [4.78, 5) is 13.6. The normalized spacial score (nSPS) is 14.3. The van der Waals surface area contributed by atoms with Crippen molar-refractivity contribution in [2.24, 2.45) is 0 Å². The molecule has 140 valence electrons. The van der Waals surface area contributed by atoms with Crippen LogP contribution in [0.3, 0.4) is 0 Å². The van der Waals surface area contributed by atoms with Crippen molar-refractivity contribution in [1.29, 1.82) is 0 Å². The summed E-state index contributed by atoms with van der Waals surface area (Å²) in [6, 6.07) is 14.6. The molecule has 2 aromatic heterocycles. The number of nitrogens with one attached hydrogen (secondary N) is 2. The topological polar surface area (TPSA) is 97.9 Å². The highest BCUT2D eigenvalue weighted by atomic mass is 16.4. The minimum Gasteiger partial charge on any atom is -0.477 e. The summed E-state index contributed by atoms with van der Waals surface area (Å²) in [7, 11) is 0. The van der Waals surface area contributed by atoms with Gasteiger partial charge in [0.2, 0.25) is 0 Å². The van der Waals surface area contributed by atoms with Gasteiger partial charge in [-0.05, 0) is 10.8 Å². The van der Waals surface area contributed by atoms with E-state index in [1.807, 2.05) is 12.1 Å². The SMILES string of the molecule is O=C(O)c1[nH]ncc1CN1CCc2[nH]nc(-c3cccc4ccccc34)c2C1. The number of benzene rings is 2. The van der Waals surface area contributed by atoms with Crippen molar-refractivity contribution >= 4 is 16.7 Å². The molecule has 0 radical (unpaired) electrons. The van der Waals surface area contributed by atoms with Crippen molar-refractivity contribution in [2.45, 2.75) is 19.5 Å². The van der Waals surface area contributed by atoms with Crippen LogP contribution in [0.1, 0.15) is 27.3 Å². The van der Waals surface area contributed by atoms with E-state index in [4.69, 9.17) is 0 Å². The van der Waals surface area contributed by atoms with E-state index in [2.05, 4.69) is 55.6 Å². The number of H-pyrrole nitrogens is 2. The number of aromatic carboxylic acids is 1. The molecule has 7 nitrogen and oxygen atoms in total. The second-order valence-electron chi connectivity index (χ2n) is 7.09. The highest BCUT2D eigenvalue weighted by Crippen LogP contribution is 2.33. The molecule has 0 aliphatic carbocycles. The summed E-state index contributed by atoms with van der Waals surface area (Å²) in [6.45, 7) is 2.10. The third kappa shape index (κ3) is 2.76. The van der Waals surface area contributed by atoms with Crippen LogP contribution in [0.15, 0.2) is 48.7 Å². The van der Waals surface area contributed by atoms with E-state index in [-0.39, 0.29) is 5.69 Å². The smallest absolute Gasteiger partial charge is 0.354 e. The molecule has 28 heavy (non-hydrogen) atoms. The molecule has 5 rings (SSSR count). The lowest BCUT2D eigenvalue weighted by molar-refractivity contribution is 0.0688. The Morgan fingerprint density at radius 1 is 1.14 bits per heavy atom. The molecule has 0 amide bonds. The maximum atomic E-state index is 11.3. The molecule has 3 N–H and O–H groups in total. The Morgan fingerprint density at radius 3 is 2.89 bits per heavy atom. The number of fused-ring (bicyclic) bond motifs is 2. The standard InChI is InChI=1S/C21H19N5O2/c27-21(28)19-14(10-22-24-19)11-26-9-8-18-17(12-26)20(25-23-18)16-7-3-5-13-4-1-2-6-15(13)16/h1-7,10H,8-9,11-12H2,(H,22,24)(H,23,25)(H,27,28). The van der Waals surface area contributed by atoms with Gasteiger partial charge in [-0.1, -0.05) is 42.5 Å². The van der Waals surface area contributed by atoms with E-state index < -0.39 is 5.97 Å². The average molecular weight is 373 g/mol. The predicted octanol–water partition coefficient (Wildman–Crippen LogP) is 3.21. The number of hydrogen-bond acceptors (Lipinski definition) is 4. The Labute approximate surface area is 161 Å². The van der Waals surface area contributed by atoms with Crippen LogP contribution < -0.4 is 0 Å². The van der Waals surface area contributed by atoms with E-state index in [1.54, 1.807) is 6.20 Å². The zero-order chi connectivity index (χ0) is 19.1. The summed E-state index contributed by atoms with van der Waals surface area (Å²) in [5, 5.41) is 26.0. The number of carboxylic acid groups (broad SMARTS) is 1. The Morgan fingerprint density at radius 2 is 2.00 bits per heavy atom. The Hall–Kier alpha value is -3.45. The van der Waals surface area contributed by atoms with Crippen LogP contribution >= 0.6 is 0 Å². The molecule has 1 aliphatic heterocycles. The van der Waals surface area contributed by atoms with Crippen LogP contribution in [-0.4, -0.2) is 42.9 Å². The van der Waals surface area contributed by atoms with Gasteiger partial charge < -0.3 is 5.11 Å². The lowest BCUT2D eigenvalue weighted by Crippen LogP contribution is -2.30. The molecular weight excluding hydrogens is 354 g/mol. The second-order valence-corrected chi connectivity index (χ2v) is 7.09. The summed E-state index contributed by atoms with van der Waals surface area (Å²) < 4.78 is 0. The fourth-order valence-corrected chi connectivity index (χ4v) is 4.00. The van der Waals surface area contributed by atoms with Crippen LogP contribution in [0.2, 0.25) is 0 Å². The fourth-order valence-electron chi connectivity index (χ4n) is 4.00. The first-order valence-electron chi connectivity index (χ1n) is 9.23. The predicted molar refractivity (Wildman–Crippen MR) is 105 cm³/mol. The van der Waals surface area contributed by atoms with Gasteiger partial charge in [0.25, 0.3) is 0 Å². The van der Waals surface area contributed by atoms with E-state index in [9.17, 15) is 9.90 Å². The molecule has 0 saturated heterocycles. The van der Waals surface area contributed by atoms with Crippen LogP contribution in [-0.2, 0) is 19.5 Å². The molecule has 7 heteroatoms. The third-order valence-electron chi connectivity index (χ3n) is 5.38. The maximum Gasteiger partial charge on any atom is 0.354 e. The number of aromatic nitrogens is 4. The van der Waals surface area contributed by atoms with E-state index in [1.165, 1.54) is 16.3 Å². The van der Waals surface area contributed by atoms with E-state index in [0.29, 0.717) is 18.7 Å².